The highest BCUT2D eigenvalue weighted by molar-refractivity contribution is 6.02. The highest BCUT2D eigenvalue weighted by Crippen LogP contribution is 2.32. The molecule has 0 saturated carbocycles. The molecule has 1 aliphatic heterocycles. The Morgan fingerprint density at radius 3 is 2.57 bits per heavy atom. The van der Waals surface area contributed by atoms with Crippen LogP contribution in [0.4, 0.5) is 17.1 Å². The number of rotatable bonds is 7. The smallest absolute Gasteiger partial charge is 0.327 e. The lowest BCUT2D eigenvalue weighted by Crippen LogP contribution is -2.43. The van der Waals surface area contributed by atoms with Crippen LogP contribution in [0.2, 0.25) is 0 Å². The normalized spacial score (nSPS) is 13.3. The molecule has 0 bridgehead atoms. The first-order chi connectivity index (χ1) is 16.8. The van der Waals surface area contributed by atoms with Crippen LogP contribution in [0, 0.1) is 17.0 Å². The molecule has 3 aromatic carbocycles. The van der Waals surface area contributed by atoms with Crippen LogP contribution in [0.3, 0.4) is 0 Å². The number of carbonyl (C=O) groups is 3. The molecule has 1 N–H and O–H groups in total. The summed E-state index contributed by atoms with van der Waals surface area (Å²) in [6.07, 6.45) is -1.41. The van der Waals surface area contributed by atoms with Gasteiger partial charge < -0.3 is 14.8 Å². The van der Waals surface area contributed by atoms with Gasteiger partial charge in [0.2, 0.25) is 6.10 Å². The molecule has 0 radical (unpaired) electrons. The van der Waals surface area contributed by atoms with Crippen LogP contribution in [-0.2, 0) is 19.1 Å². The Bertz CT molecular complexity index is 1290. The van der Waals surface area contributed by atoms with E-state index in [9.17, 15) is 24.5 Å². The fourth-order valence-electron chi connectivity index (χ4n) is 3.62. The van der Waals surface area contributed by atoms with Crippen LogP contribution in [0.15, 0.2) is 72.8 Å². The number of esters is 1. The average molecular weight is 475 g/mol. The summed E-state index contributed by atoms with van der Waals surface area (Å²) in [4.78, 5) is 50.5. The molecule has 3 aromatic rings. The molecular weight excluding hydrogens is 454 g/mol. The van der Waals surface area contributed by atoms with E-state index in [-0.39, 0.29) is 18.0 Å². The van der Waals surface area contributed by atoms with Crippen LogP contribution in [0.1, 0.15) is 17.2 Å². The number of hydrogen-bond acceptors (Lipinski definition) is 7. The second kappa shape index (κ2) is 10.0. The molecule has 0 saturated heterocycles. The van der Waals surface area contributed by atoms with E-state index < -0.39 is 35.4 Å². The molecule has 0 aliphatic carbocycles. The molecule has 1 unspecified atom stereocenters. The number of fused-ring (bicyclic) bond motifs is 1. The second-order valence-electron chi connectivity index (χ2n) is 7.78. The molecule has 1 heterocycles. The van der Waals surface area contributed by atoms with Gasteiger partial charge in [-0.25, -0.2) is 0 Å². The van der Waals surface area contributed by atoms with Crippen LogP contribution >= 0.6 is 0 Å². The minimum Gasteiger partial charge on any atom is -0.482 e. The van der Waals surface area contributed by atoms with Crippen molar-refractivity contribution in [1.29, 1.82) is 0 Å². The van der Waals surface area contributed by atoms with Crippen LogP contribution in [0.5, 0.6) is 5.75 Å². The SMILES string of the molecule is Cc1ccc(NC(=O)C(OC(=O)CN2C(=O)COc3ccccc32)c2ccccc2)c([N+](=O)[O-])c1. The van der Waals surface area contributed by atoms with Crippen LogP contribution in [-0.4, -0.2) is 35.9 Å². The maximum atomic E-state index is 13.2. The van der Waals surface area contributed by atoms with E-state index in [1.165, 1.54) is 17.0 Å². The standard InChI is InChI=1S/C25H21N3O7/c1-16-11-12-18(20(13-16)28(32)33)26-25(31)24(17-7-3-2-4-8-17)35-23(30)14-27-19-9-5-6-10-21(19)34-15-22(27)29/h2-13,24H,14-15H2,1H3,(H,26,31). The zero-order valence-electron chi connectivity index (χ0n) is 18.7. The zero-order chi connectivity index (χ0) is 24.9. The van der Waals surface area contributed by atoms with Crippen molar-refractivity contribution in [2.24, 2.45) is 0 Å². The Balaban J connectivity index is 1.57. The zero-order valence-corrected chi connectivity index (χ0v) is 18.7. The van der Waals surface area contributed by atoms with E-state index >= 15 is 0 Å². The summed E-state index contributed by atoms with van der Waals surface area (Å²) >= 11 is 0. The number of nitrogens with zero attached hydrogens (tertiary/aromatic N) is 2. The van der Waals surface area contributed by atoms with Crippen molar-refractivity contribution in [2.45, 2.75) is 13.0 Å². The van der Waals surface area contributed by atoms with Gasteiger partial charge in [-0.05, 0) is 30.7 Å². The van der Waals surface area contributed by atoms with Gasteiger partial charge in [-0.2, -0.15) is 0 Å². The molecule has 0 aromatic heterocycles. The lowest BCUT2D eigenvalue weighted by atomic mass is 10.1. The average Bonchev–Trinajstić information content (AvgIpc) is 2.85. The van der Waals surface area contributed by atoms with E-state index in [1.54, 1.807) is 67.6 Å². The number of hydrogen-bond donors (Lipinski definition) is 1. The monoisotopic (exact) mass is 475 g/mol. The van der Waals surface area contributed by atoms with Crippen molar-refractivity contribution < 1.29 is 28.8 Å². The number of aryl methyl sites for hydroxylation is 1. The maximum absolute atomic E-state index is 13.2. The van der Waals surface area contributed by atoms with Crippen molar-refractivity contribution in [3.05, 3.63) is 94.0 Å². The Hall–Kier alpha value is -4.73. The summed E-state index contributed by atoms with van der Waals surface area (Å²) in [6.45, 7) is 1.02. The number of anilines is 2. The summed E-state index contributed by atoms with van der Waals surface area (Å²) in [7, 11) is 0. The maximum Gasteiger partial charge on any atom is 0.327 e. The van der Waals surface area contributed by atoms with Gasteiger partial charge in [0.1, 0.15) is 18.0 Å². The molecule has 1 atom stereocenters. The van der Waals surface area contributed by atoms with Gasteiger partial charge in [-0.1, -0.05) is 48.5 Å². The summed E-state index contributed by atoms with van der Waals surface area (Å²) in [5.74, 6) is -1.59. The van der Waals surface area contributed by atoms with Crippen molar-refractivity contribution in [2.75, 3.05) is 23.4 Å². The van der Waals surface area contributed by atoms with Crippen molar-refractivity contribution in [3.8, 4) is 5.75 Å². The minimum absolute atomic E-state index is 0.0279. The van der Waals surface area contributed by atoms with E-state index in [0.29, 0.717) is 22.6 Å². The number of nitro groups is 1. The summed E-state index contributed by atoms with van der Waals surface area (Å²) in [5.41, 5.74) is 1.11. The predicted octanol–water partition coefficient (Wildman–Crippen LogP) is 3.55. The Morgan fingerprint density at radius 1 is 1.11 bits per heavy atom. The van der Waals surface area contributed by atoms with Crippen LogP contribution < -0.4 is 15.0 Å². The first-order valence-corrected chi connectivity index (χ1v) is 10.7. The third kappa shape index (κ3) is 5.27. The first-order valence-electron chi connectivity index (χ1n) is 10.7. The number of benzene rings is 3. The number of ether oxygens (including phenoxy) is 2. The number of carbonyl (C=O) groups excluding carboxylic acids is 3. The Morgan fingerprint density at radius 2 is 1.83 bits per heavy atom. The quantitative estimate of drug-likeness (QED) is 0.314. The number of nitrogens with one attached hydrogen (secondary N) is 1. The van der Waals surface area contributed by atoms with E-state index in [2.05, 4.69) is 5.32 Å². The first kappa shape index (κ1) is 23.4. The lowest BCUT2D eigenvalue weighted by Gasteiger charge is -2.29. The van der Waals surface area contributed by atoms with Gasteiger partial charge in [-0.3, -0.25) is 29.4 Å². The predicted molar refractivity (Wildman–Crippen MR) is 126 cm³/mol. The second-order valence-corrected chi connectivity index (χ2v) is 7.78. The highest BCUT2D eigenvalue weighted by atomic mass is 16.6. The lowest BCUT2D eigenvalue weighted by molar-refractivity contribution is -0.384. The molecule has 4 rings (SSSR count). The highest BCUT2D eigenvalue weighted by Gasteiger charge is 2.31. The Kier molecular flexibility index (Phi) is 6.72. The van der Waals surface area contributed by atoms with Gasteiger partial charge in [-0.15, -0.1) is 0 Å². The van der Waals surface area contributed by atoms with Crippen molar-refractivity contribution >= 4 is 34.8 Å². The Labute approximate surface area is 200 Å². The van der Waals surface area contributed by atoms with E-state index in [4.69, 9.17) is 9.47 Å². The number of para-hydroxylation sites is 2. The fourth-order valence-corrected chi connectivity index (χ4v) is 3.62. The van der Waals surface area contributed by atoms with E-state index in [1.807, 2.05) is 0 Å². The fraction of sp³-hybridized carbons (Fsp3) is 0.160. The van der Waals surface area contributed by atoms with Crippen molar-refractivity contribution in [1.82, 2.24) is 0 Å². The minimum atomic E-state index is -1.41. The van der Waals surface area contributed by atoms with Gasteiger partial charge in [0.15, 0.2) is 6.61 Å². The molecule has 2 amide bonds. The summed E-state index contributed by atoms with van der Waals surface area (Å²) < 4.78 is 10.9. The van der Waals surface area contributed by atoms with Gasteiger partial charge in [0.25, 0.3) is 17.5 Å². The van der Waals surface area contributed by atoms with Gasteiger partial charge in [0.05, 0.1) is 10.6 Å². The third-order valence-corrected chi connectivity index (χ3v) is 5.29. The molecule has 10 nitrogen and oxygen atoms in total. The molecule has 35 heavy (non-hydrogen) atoms. The van der Waals surface area contributed by atoms with Crippen LogP contribution in [0.25, 0.3) is 0 Å². The summed E-state index contributed by atoms with van der Waals surface area (Å²) in [5, 5.41) is 13.9. The topological polar surface area (TPSA) is 128 Å². The van der Waals surface area contributed by atoms with E-state index in [0.717, 1.165) is 0 Å². The van der Waals surface area contributed by atoms with Gasteiger partial charge in [0, 0.05) is 11.6 Å². The van der Waals surface area contributed by atoms with Crippen molar-refractivity contribution in [3.63, 3.8) is 0 Å². The third-order valence-electron chi connectivity index (χ3n) is 5.29. The number of amides is 2. The largest absolute Gasteiger partial charge is 0.482 e. The molecular formula is C25H21N3O7. The molecule has 0 fully saturated rings. The number of nitro benzene ring substituents is 1. The molecule has 178 valence electrons. The molecule has 0 spiro atoms. The molecule has 10 heteroatoms. The molecule has 1 aliphatic rings. The van der Waals surface area contributed by atoms with Gasteiger partial charge >= 0.3 is 5.97 Å². The summed E-state index contributed by atoms with van der Waals surface area (Å²) in [6, 6.07) is 19.4.